The number of nitro groups is 1. The third kappa shape index (κ3) is 3.03. The maximum atomic E-state index is 11.8. The van der Waals surface area contributed by atoms with Crippen molar-refractivity contribution in [3.63, 3.8) is 0 Å². The number of H-pyrrole nitrogens is 1. The monoisotopic (exact) mass is 273 g/mol. The van der Waals surface area contributed by atoms with Crippen LogP contribution in [0.2, 0.25) is 0 Å². The van der Waals surface area contributed by atoms with Crippen LogP contribution < -0.4 is 10.9 Å². The van der Waals surface area contributed by atoms with Gasteiger partial charge in [-0.2, -0.15) is 0 Å². The molecule has 0 saturated heterocycles. The molecule has 0 aliphatic heterocycles. The predicted molar refractivity (Wildman–Crippen MR) is 77.0 cm³/mol. The first-order valence-electron chi connectivity index (χ1n) is 6.15. The largest absolute Gasteiger partial charge is 0.381 e. The van der Waals surface area contributed by atoms with Gasteiger partial charge in [0, 0.05) is 35.6 Å². The number of nitrogens with zero attached hydrogens (tertiary/aromatic N) is 1. The van der Waals surface area contributed by atoms with Gasteiger partial charge in [0.1, 0.15) is 0 Å². The fourth-order valence-corrected chi connectivity index (χ4v) is 1.99. The number of anilines is 1. The average molecular weight is 273 g/mol. The number of aryl methyl sites for hydroxylation is 2. The van der Waals surface area contributed by atoms with E-state index in [4.69, 9.17) is 0 Å². The molecule has 0 amide bonds. The summed E-state index contributed by atoms with van der Waals surface area (Å²) < 4.78 is 0. The summed E-state index contributed by atoms with van der Waals surface area (Å²) in [5.41, 5.74) is 3.06. The summed E-state index contributed by atoms with van der Waals surface area (Å²) in [5.74, 6) is 0. The molecule has 2 aromatic rings. The van der Waals surface area contributed by atoms with Gasteiger partial charge in [0.25, 0.3) is 11.2 Å². The molecule has 6 heteroatoms. The number of benzene rings is 1. The Morgan fingerprint density at radius 1 is 1.25 bits per heavy atom. The Morgan fingerprint density at radius 3 is 2.45 bits per heavy atom. The fourth-order valence-electron chi connectivity index (χ4n) is 1.99. The van der Waals surface area contributed by atoms with Crippen LogP contribution in [0.25, 0.3) is 0 Å². The molecule has 20 heavy (non-hydrogen) atoms. The van der Waals surface area contributed by atoms with E-state index in [0.29, 0.717) is 12.1 Å². The smallest absolute Gasteiger partial charge is 0.269 e. The van der Waals surface area contributed by atoms with Gasteiger partial charge in [-0.15, -0.1) is 0 Å². The molecule has 1 heterocycles. The van der Waals surface area contributed by atoms with Gasteiger partial charge in [-0.05, 0) is 37.6 Å². The molecule has 104 valence electrons. The highest BCUT2D eigenvalue weighted by molar-refractivity contribution is 5.49. The Balaban J connectivity index is 2.13. The molecule has 0 fully saturated rings. The van der Waals surface area contributed by atoms with E-state index in [9.17, 15) is 14.9 Å². The van der Waals surface area contributed by atoms with E-state index in [1.165, 1.54) is 12.1 Å². The van der Waals surface area contributed by atoms with E-state index in [1.54, 1.807) is 12.1 Å². The van der Waals surface area contributed by atoms with Crippen LogP contribution in [0.4, 0.5) is 11.4 Å². The Hall–Kier alpha value is -2.63. The molecule has 0 bridgehead atoms. The number of hydrogen-bond acceptors (Lipinski definition) is 4. The summed E-state index contributed by atoms with van der Waals surface area (Å²) in [7, 11) is 0. The second-order valence-corrected chi connectivity index (χ2v) is 4.60. The highest BCUT2D eigenvalue weighted by Gasteiger charge is 2.06. The van der Waals surface area contributed by atoms with Crippen LogP contribution in [0.1, 0.15) is 16.8 Å². The molecule has 2 rings (SSSR count). The zero-order valence-electron chi connectivity index (χ0n) is 11.3. The standard InChI is InChI=1S/C14H15N3O3/c1-9-7-10(2)16-14(18)13(9)8-15-11-3-5-12(6-4-11)17(19)20/h3-7,15H,8H2,1-2H3,(H,16,18). The minimum absolute atomic E-state index is 0.0416. The predicted octanol–water partition coefficient (Wildman–Crippen LogP) is 2.51. The van der Waals surface area contributed by atoms with E-state index in [0.717, 1.165) is 16.9 Å². The first-order chi connectivity index (χ1) is 9.47. The van der Waals surface area contributed by atoms with Crippen LogP contribution >= 0.6 is 0 Å². The minimum Gasteiger partial charge on any atom is -0.381 e. The summed E-state index contributed by atoms with van der Waals surface area (Å²) in [6.45, 7) is 4.09. The van der Waals surface area contributed by atoms with Crippen LogP contribution in [0.15, 0.2) is 35.1 Å². The van der Waals surface area contributed by atoms with Crippen LogP contribution in [0, 0.1) is 24.0 Å². The zero-order valence-corrected chi connectivity index (χ0v) is 11.3. The molecule has 0 aliphatic carbocycles. The lowest BCUT2D eigenvalue weighted by Crippen LogP contribution is -2.18. The van der Waals surface area contributed by atoms with Crippen molar-refractivity contribution in [2.24, 2.45) is 0 Å². The summed E-state index contributed by atoms with van der Waals surface area (Å²) in [6, 6.07) is 8.00. The van der Waals surface area contributed by atoms with Gasteiger partial charge in [-0.25, -0.2) is 0 Å². The first-order valence-corrected chi connectivity index (χ1v) is 6.15. The number of nitrogens with one attached hydrogen (secondary N) is 2. The van der Waals surface area contributed by atoms with Gasteiger partial charge in [0.15, 0.2) is 0 Å². The van der Waals surface area contributed by atoms with Crippen molar-refractivity contribution < 1.29 is 4.92 Å². The molecular formula is C14H15N3O3. The lowest BCUT2D eigenvalue weighted by molar-refractivity contribution is -0.384. The van der Waals surface area contributed by atoms with Gasteiger partial charge in [-0.3, -0.25) is 14.9 Å². The number of hydrogen-bond donors (Lipinski definition) is 2. The highest BCUT2D eigenvalue weighted by Crippen LogP contribution is 2.16. The normalized spacial score (nSPS) is 10.3. The number of non-ortho nitro benzene ring substituents is 1. The molecule has 0 aliphatic rings. The Kier molecular flexibility index (Phi) is 3.84. The molecule has 0 radical (unpaired) electrons. The number of pyridine rings is 1. The topological polar surface area (TPSA) is 88.0 Å². The van der Waals surface area contributed by atoms with Crippen molar-refractivity contribution in [2.45, 2.75) is 20.4 Å². The second kappa shape index (κ2) is 5.56. The molecule has 0 unspecified atom stereocenters. The van der Waals surface area contributed by atoms with E-state index in [1.807, 2.05) is 19.9 Å². The Bertz CT molecular complexity index is 690. The average Bonchev–Trinajstić information content (AvgIpc) is 2.38. The lowest BCUT2D eigenvalue weighted by Gasteiger charge is -2.08. The lowest BCUT2D eigenvalue weighted by atomic mass is 10.1. The molecule has 2 N–H and O–H groups in total. The molecule has 1 aromatic heterocycles. The van der Waals surface area contributed by atoms with Crippen molar-refractivity contribution in [1.82, 2.24) is 4.98 Å². The molecule has 0 spiro atoms. The fraction of sp³-hybridized carbons (Fsp3) is 0.214. The maximum absolute atomic E-state index is 11.8. The van der Waals surface area contributed by atoms with E-state index < -0.39 is 4.92 Å². The quantitative estimate of drug-likeness (QED) is 0.661. The SMILES string of the molecule is Cc1cc(C)c(CNc2ccc([N+](=O)[O-])cc2)c(=O)[nH]1. The third-order valence-corrected chi connectivity index (χ3v) is 3.04. The molecule has 6 nitrogen and oxygen atoms in total. The van der Waals surface area contributed by atoms with Gasteiger partial charge >= 0.3 is 0 Å². The van der Waals surface area contributed by atoms with Crippen molar-refractivity contribution in [3.05, 3.63) is 67.6 Å². The van der Waals surface area contributed by atoms with E-state index in [2.05, 4.69) is 10.3 Å². The maximum Gasteiger partial charge on any atom is 0.269 e. The van der Waals surface area contributed by atoms with E-state index >= 15 is 0 Å². The molecule has 0 atom stereocenters. The first kappa shape index (κ1) is 13.8. The molecule has 1 aromatic carbocycles. The van der Waals surface area contributed by atoms with Crippen molar-refractivity contribution in [2.75, 3.05) is 5.32 Å². The second-order valence-electron chi connectivity index (χ2n) is 4.60. The Labute approximate surface area is 115 Å². The van der Waals surface area contributed by atoms with Crippen molar-refractivity contribution in [3.8, 4) is 0 Å². The summed E-state index contributed by atoms with van der Waals surface area (Å²) in [4.78, 5) is 24.7. The van der Waals surface area contributed by atoms with Crippen LogP contribution in [-0.4, -0.2) is 9.91 Å². The van der Waals surface area contributed by atoms with E-state index in [-0.39, 0.29) is 11.2 Å². The Morgan fingerprint density at radius 2 is 1.90 bits per heavy atom. The van der Waals surface area contributed by atoms with Crippen LogP contribution in [-0.2, 0) is 6.54 Å². The highest BCUT2D eigenvalue weighted by atomic mass is 16.6. The number of aromatic nitrogens is 1. The summed E-state index contributed by atoms with van der Waals surface area (Å²) >= 11 is 0. The number of nitro benzene ring substituents is 1. The van der Waals surface area contributed by atoms with Crippen LogP contribution in [0.5, 0.6) is 0 Å². The van der Waals surface area contributed by atoms with Crippen molar-refractivity contribution >= 4 is 11.4 Å². The minimum atomic E-state index is -0.446. The molecule has 0 saturated carbocycles. The zero-order chi connectivity index (χ0) is 14.7. The van der Waals surface area contributed by atoms with Gasteiger partial charge in [0.05, 0.1) is 4.92 Å². The molecular weight excluding hydrogens is 258 g/mol. The summed E-state index contributed by atoms with van der Waals surface area (Å²) in [5, 5.41) is 13.6. The van der Waals surface area contributed by atoms with Gasteiger partial charge in [-0.1, -0.05) is 0 Å². The third-order valence-electron chi connectivity index (χ3n) is 3.04. The van der Waals surface area contributed by atoms with Gasteiger partial charge < -0.3 is 10.3 Å². The van der Waals surface area contributed by atoms with Crippen LogP contribution in [0.3, 0.4) is 0 Å². The number of rotatable bonds is 4. The van der Waals surface area contributed by atoms with Crippen molar-refractivity contribution in [1.29, 1.82) is 0 Å². The van der Waals surface area contributed by atoms with Gasteiger partial charge in [0.2, 0.25) is 0 Å². The summed E-state index contributed by atoms with van der Waals surface area (Å²) in [6.07, 6.45) is 0. The number of aromatic amines is 1.